The van der Waals surface area contributed by atoms with Crippen LogP contribution in [0.25, 0.3) is 0 Å². The number of benzene rings is 1. The molecule has 1 heterocycles. The zero-order valence-corrected chi connectivity index (χ0v) is 12.4. The van der Waals surface area contributed by atoms with E-state index in [9.17, 15) is 0 Å². The smallest absolute Gasteiger partial charge is 0.0753 e. The molecule has 0 aliphatic rings. The number of thiophene rings is 1. The molecule has 1 atom stereocenters. The SMILES string of the molecule is Cc1ccc(C(Br)c2cc(Cl)ccc2Cl)s1. The Labute approximate surface area is 117 Å². The predicted molar refractivity (Wildman–Crippen MR) is 76.3 cm³/mol. The molecule has 4 heteroatoms. The van der Waals surface area contributed by atoms with E-state index >= 15 is 0 Å². The van der Waals surface area contributed by atoms with Gasteiger partial charge in [-0.3, -0.25) is 0 Å². The van der Waals surface area contributed by atoms with Gasteiger partial charge in [-0.25, -0.2) is 0 Å². The fourth-order valence-electron chi connectivity index (χ4n) is 1.45. The van der Waals surface area contributed by atoms with E-state index in [-0.39, 0.29) is 4.83 Å². The number of rotatable bonds is 2. The summed E-state index contributed by atoms with van der Waals surface area (Å²) < 4.78 is 0. The Morgan fingerprint density at radius 1 is 1.19 bits per heavy atom. The first-order valence-corrected chi connectivity index (χ1v) is 7.22. The Kier molecular flexibility index (Phi) is 3.96. The maximum absolute atomic E-state index is 6.16. The van der Waals surface area contributed by atoms with Crippen molar-refractivity contribution in [3.8, 4) is 0 Å². The summed E-state index contributed by atoms with van der Waals surface area (Å²) in [4.78, 5) is 2.64. The highest BCUT2D eigenvalue weighted by Gasteiger charge is 2.15. The molecular formula is C12H9BrCl2S. The molecule has 0 amide bonds. The first-order valence-electron chi connectivity index (χ1n) is 4.73. The van der Waals surface area contributed by atoms with Crippen LogP contribution in [0, 0.1) is 6.92 Å². The molecule has 1 aromatic heterocycles. The fourth-order valence-corrected chi connectivity index (χ4v) is 3.68. The van der Waals surface area contributed by atoms with Gasteiger partial charge in [0, 0.05) is 19.8 Å². The van der Waals surface area contributed by atoms with E-state index in [4.69, 9.17) is 23.2 Å². The molecule has 0 saturated heterocycles. The topological polar surface area (TPSA) is 0 Å². The van der Waals surface area contributed by atoms with E-state index in [0.29, 0.717) is 5.02 Å². The molecule has 1 aromatic carbocycles. The summed E-state index contributed by atoms with van der Waals surface area (Å²) in [6, 6.07) is 9.74. The van der Waals surface area contributed by atoms with E-state index in [2.05, 4.69) is 35.0 Å². The minimum absolute atomic E-state index is 0.109. The van der Waals surface area contributed by atoms with Crippen molar-refractivity contribution in [1.82, 2.24) is 0 Å². The van der Waals surface area contributed by atoms with Crippen LogP contribution in [0.15, 0.2) is 30.3 Å². The Bertz CT molecular complexity index is 507. The summed E-state index contributed by atoms with van der Waals surface area (Å²) in [6.45, 7) is 2.09. The first-order chi connectivity index (χ1) is 7.58. The van der Waals surface area contributed by atoms with Crippen molar-refractivity contribution < 1.29 is 0 Å². The normalized spacial score (nSPS) is 12.8. The first kappa shape index (κ1) is 12.4. The van der Waals surface area contributed by atoms with E-state index in [1.54, 1.807) is 17.4 Å². The minimum Gasteiger partial charge on any atom is -0.144 e. The average Bonchev–Trinajstić information content (AvgIpc) is 2.67. The molecule has 1 unspecified atom stereocenters. The minimum atomic E-state index is 0.109. The summed E-state index contributed by atoms with van der Waals surface area (Å²) in [5, 5.41) is 1.44. The summed E-state index contributed by atoms with van der Waals surface area (Å²) >= 11 is 17.6. The third kappa shape index (κ3) is 2.62. The van der Waals surface area contributed by atoms with Crippen molar-refractivity contribution in [3.63, 3.8) is 0 Å². The predicted octanol–water partition coefficient (Wildman–Crippen LogP) is 5.85. The average molecular weight is 336 g/mol. The maximum Gasteiger partial charge on any atom is 0.0753 e. The zero-order valence-electron chi connectivity index (χ0n) is 8.51. The third-order valence-electron chi connectivity index (χ3n) is 2.24. The van der Waals surface area contributed by atoms with Gasteiger partial charge in [0.2, 0.25) is 0 Å². The highest BCUT2D eigenvalue weighted by Crippen LogP contribution is 2.39. The summed E-state index contributed by atoms with van der Waals surface area (Å²) in [5.74, 6) is 0. The lowest BCUT2D eigenvalue weighted by atomic mass is 10.1. The molecule has 0 fully saturated rings. The molecule has 0 saturated carbocycles. The maximum atomic E-state index is 6.16. The van der Waals surface area contributed by atoms with Crippen LogP contribution in [0.5, 0.6) is 0 Å². The Morgan fingerprint density at radius 3 is 2.56 bits per heavy atom. The molecule has 0 spiro atoms. The molecule has 0 N–H and O–H groups in total. The molecule has 2 rings (SSSR count). The Balaban J connectivity index is 2.40. The van der Waals surface area contributed by atoms with Gasteiger partial charge in [0.1, 0.15) is 0 Å². The third-order valence-corrected chi connectivity index (χ3v) is 5.18. The monoisotopic (exact) mass is 334 g/mol. The molecular weight excluding hydrogens is 327 g/mol. The quantitative estimate of drug-likeness (QED) is 0.604. The van der Waals surface area contributed by atoms with Crippen LogP contribution in [-0.4, -0.2) is 0 Å². The van der Waals surface area contributed by atoms with Gasteiger partial charge < -0.3 is 0 Å². The lowest BCUT2D eigenvalue weighted by Crippen LogP contribution is -1.90. The van der Waals surface area contributed by atoms with Crippen molar-refractivity contribution in [3.05, 3.63) is 55.7 Å². The molecule has 0 bridgehead atoms. The zero-order chi connectivity index (χ0) is 11.7. The second-order valence-corrected chi connectivity index (χ2v) is 6.56. The van der Waals surface area contributed by atoms with Gasteiger partial charge in [-0.15, -0.1) is 11.3 Å². The number of halogens is 3. The van der Waals surface area contributed by atoms with Crippen molar-refractivity contribution in [1.29, 1.82) is 0 Å². The van der Waals surface area contributed by atoms with Gasteiger partial charge in [-0.05, 0) is 42.8 Å². The Hall–Kier alpha value is -0.0200. The highest BCUT2D eigenvalue weighted by atomic mass is 79.9. The van der Waals surface area contributed by atoms with E-state index in [1.807, 2.05) is 12.1 Å². The fraction of sp³-hybridized carbons (Fsp3) is 0.167. The van der Waals surface area contributed by atoms with Crippen LogP contribution in [0.2, 0.25) is 10.0 Å². The van der Waals surface area contributed by atoms with Crippen LogP contribution >= 0.6 is 50.5 Å². The van der Waals surface area contributed by atoms with Gasteiger partial charge in [0.25, 0.3) is 0 Å². The highest BCUT2D eigenvalue weighted by molar-refractivity contribution is 9.09. The van der Waals surface area contributed by atoms with E-state index < -0.39 is 0 Å². The molecule has 0 aliphatic heterocycles. The van der Waals surface area contributed by atoms with Gasteiger partial charge in [0.05, 0.1) is 4.83 Å². The molecule has 0 aliphatic carbocycles. The van der Waals surface area contributed by atoms with Crippen molar-refractivity contribution in [2.24, 2.45) is 0 Å². The number of hydrogen-bond acceptors (Lipinski definition) is 1. The summed E-state index contributed by atoms with van der Waals surface area (Å²) in [5.41, 5.74) is 1.01. The van der Waals surface area contributed by atoms with Crippen molar-refractivity contribution in [2.45, 2.75) is 11.8 Å². The van der Waals surface area contributed by atoms with Crippen LogP contribution in [0.1, 0.15) is 20.1 Å². The van der Waals surface area contributed by atoms with Gasteiger partial charge in [0.15, 0.2) is 0 Å². The summed E-state index contributed by atoms with van der Waals surface area (Å²) in [7, 11) is 0. The molecule has 0 radical (unpaired) electrons. The standard InChI is InChI=1S/C12H9BrCl2S/c1-7-2-5-11(16-7)12(13)9-6-8(14)3-4-10(9)15/h2-6,12H,1H3. The van der Waals surface area contributed by atoms with E-state index in [0.717, 1.165) is 10.6 Å². The largest absolute Gasteiger partial charge is 0.144 e. The van der Waals surface area contributed by atoms with Crippen LogP contribution < -0.4 is 0 Å². The van der Waals surface area contributed by atoms with Crippen LogP contribution in [0.3, 0.4) is 0 Å². The lowest BCUT2D eigenvalue weighted by Gasteiger charge is -2.10. The van der Waals surface area contributed by atoms with Crippen LogP contribution in [0.4, 0.5) is 0 Å². The Morgan fingerprint density at radius 2 is 1.94 bits per heavy atom. The van der Waals surface area contributed by atoms with E-state index in [1.165, 1.54) is 9.75 Å². The van der Waals surface area contributed by atoms with Crippen LogP contribution in [-0.2, 0) is 0 Å². The second-order valence-electron chi connectivity index (χ2n) is 3.48. The second kappa shape index (κ2) is 5.09. The number of hydrogen-bond donors (Lipinski definition) is 0. The molecule has 0 nitrogen and oxygen atoms in total. The van der Waals surface area contributed by atoms with Gasteiger partial charge in [-0.2, -0.15) is 0 Å². The van der Waals surface area contributed by atoms with Crippen molar-refractivity contribution in [2.75, 3.05) is 0 Å². The molecule has 2 aromatic rings. The number of alkyl halides is 1. The molecule has 16 heavy (non-hydrogen) atoms. The van der Waals surface area contributed by atoms with Gasteiger partial charge >= 0.3 is 0 Å². The summed E-state index contributed by atoms with van der Waals surface area (Å²) in [6.07, 6.45) is 0. The van der Waals surface area contributed by atoms with Gasteiger partial charge in [-0.1, -0.05) is 39.1 Å². The molecule has 84 valence electrons. The number of aryl methyl sites for hydroxylation is 1. The lowest BCUT2D eigenvalue weighted by molar-refractivity contribution is 1.23. The van der Waals surface area contributed by atoms with Crippen molar-refractivity contribution >= 4 is 50.5 Å².